The second kappa shape index (κ2) is 7.02. The average Bonchev–Trinajstić information content (AvgIpc) is 2.38. The molecule has 0 aliphatic heterocycles. The Kier molecular flexibility index (Phi) is 5.85. The lowest BCUT2D eigenvalue weighted by Crippen LogP contribution is -2.50. The molecule has 0 spiro atoms. The maximum absolute atomic E-state index is 11.9. The number of amides is 1. The molecule has 1 amide bonds. The van der Waals surface area contributed by atoms with Gasteiger partial charge >= 0.3 is 26.5 Å². The lowest BCUT2D eigenvalue weighted by Gasteiger charge is -2.21. The standard InChI is InChI=1S/C10H15N3O7S2/c1-12(2)22(17,18)13(19-3)21(15,16)11-10(14)20-9-7-5-4-6-8-9/h4-8H,1-3H3,(H,11,14). The van der Waals surface area contributed by atoms with Crippen LogP contribution in [0.3, 0.4) is 0 Å². The van der Waals surface area contributed by atoms with E-state index in [0.29, 0.717) is 4.31 Å². The predicted octanol–water partition coefficient (Wildman–Crippen LogP) is -0.310. The summed E-state index contributed by atoms with van der Waals surface area (Å²) in [6.45, 7) is 0. The molecule has 0 unspecified atom stereocenters. The Morgan fingerprint density at radius 2 is 1.64 bits per heavy atom. The van der Waals surface area contributed by atoms with Crippen LogP contribution < -0.4 is 9.46 Å². The Bertz CT molecular complexity index is 716. The summed E-state index contributed by atoms with van der Waals surface area (Å²) in [4.78, 5) is 15.9. The van der Waals surface area contributed by atoms with Crippen molar-refractivity contribution in [2.24, 2.45) is 0 Å². The summed E-state index contributed by atoms with van der Waals surface area (Å²) in [5.41, 5.74) is 0. The van der Waals surface area contributed by atoms with Crippen molar-refractivity contribution in [2.45, 2.75) is 0 Å². The molecule has 0 aliphatic rings. The van der Waals surface area contributed by atoms with Gasteiger partial charge in [-0.1, -0.05) is 18.2 Å². The molecule has 0 saturated carbocycles. The summed E-state index contributed by atoms with van der Waals surface area (Å²) >= 11 is 0. The molecule has 10 nitrogen and oxygen atoms in total. The molecule has 0 saturated heterocycles. The zero-order valence-electron chi connectivity index (χ0n) is 12.0. The molecule has 0 heterocycles. The molecular weight excluding hydrogens is 338 g/mol. The third-order valence-electron chi connectivity index (χ3n) is 2.16. The van der Waals surface area contributed by atoms with Crippen LogP contribution in [0.4, 0.5) is 4.79 Å². The van der Waals surface area contributed by atoms with E-state index in [1.807, 2.05) is 0 Å². The molecule has 0 atom stereocenters. The Morgan fingerprint density at radius 3 is 2.09 bits per heavy atom. The van der Waals surface area contributed by atoms with Crippen LogP contribution in [0.25, 0.3) is 0 Å². The van der Waals surface area contributed by atoms with Gasteiger partial charge in [-0.15, -0.1) is 0 Å². The van der Waals surface area contributed by atoms with Crippen molar-refractivity contribution in [2.75, 3.05) is 21.2 Å². The molecule has 1 aromatic carbocycles. The highest BCUT2D eigenvalue weighted by atomic mass is 32.3. The summed E-state index contributed by atoms with van der Waals surface area (Å²) in [7, 11) is -6.30. The number of benzene rings is 1. The Balaban J connectivity index is 2.92. The van der Waals surface area contributed by atoms with Crippen molar-refractivity contribution in [1.29, 1.82) is 0 Å². The van der Waals surface area contributed by atoms with E-state index < -0.39 is 26.5 Å². The summed E-state index contributed by atoms with van der Waals surface area (Å²) in [6.07, 6.45) is -1.39. The summed E-state index contributed by atoms with van der Waals surface area (Å²) < 4.78 is 53.8. The predicted molar refractivity (Wildman–Crippen MR) is 76.0 cm³/mol. The van der Waals surface area contributed by atoms with Gasteiger partial charge in [0.15, 0.2) is 0 Å². The average molecular weight is 353 g/mol. The molecule has 0 fully saturated rings. The number of ether oxygens (including phenoxy) is 1. The van der Waals surface area contributed by atoms with Gasteiger partial charge in [-0.25, -0.2) is 9.52 Å². The molecule has 124 valence electrons. The summed E-state index contributed by atoms with van der Waals surface area (Å²) in [6, 6.07) is 7.62. The number of carbonyl (C=O) groups is 1. The number of hydrogen-bond donors (Lipinski definition) is 1. The van der Waals surface area contributed by atoms with Gasteiger partial charge in [0, 0.05) is 14.1 Å². The van der Waals surface area contributed by atoms with E-state index >= 15 is 0 Å². The third kappa shape index (κ3) is 4.38. The maximum Gasteiger partial charge on any atom is 0.427 e. The molecule has 1 aromatic rings. The topological polar surface area (TPSA) is 122 Å². The summed E-state index contributed by atoms with van der Waals surface area (Å²) in [5, 5.41) is 0. The largest absolute Gasteiger partial charge is 0.427 e. The van der Waals surface area contributed by atoms with Crippen molar-refractivity contribution in [3.05, 3.63) is 30.3 Å². The zero-order chi connectivity index (χ0) is 17.0. The first kappa shape index (κ1) is 18.3. The Labute approximate surface area is 128 Å². The molecular formula is C10H15N3O7S2. The van der Waals surface area contributed by atoms with E-state index in [2.05, 4.69) is 4.84 Å². The number of nitrogens with one attached hydrogen (secondary N) is 1. The van der Waals surface area contributed by atoms with E-state index in [1.165, 1.54) is 16.9 Å². The first-order valence-corrected chi connectivity index (χ1v) is 8.51. The summed E-state index contributed by atoms with van der Waals surface area (Å²) in [5.74, 6) is 0.0784. The molecule has 0 radical (unpaired) electrons. The van der Waals surface area contributed by atoms with Gasteiger partial charge in [0.25, 0.3) is 0 Å². The number of para-hydroxylation sites is 1. The monoisotopic (exact) mass is 353 g/mol. The van der Waals surface area contributed by atoms with Crippen molar-refractivity contribution in [3.63, 3.8) is 0 Å². The van der Waals surface area contributed by atoms with Gasteiger partial charge < -0.3 is 4.74 Å². The molecule has 22 heavy (non-hydrogen) atoms. The van der Waals surface area contributed by atoms with Gasteiger partial charge in [-0.2, -0.15) is 21.1 Å². The molecule has 0 bridgehead atoms. The van der Waals surface area contributed by atoms with Crippen LogP contribution in [-0.2, 0) is 25.3 Å². The smallest absolute Gasteiger partial charge is 0.410 e. The van der Waals surface area contributed by atoms with Gasteiger partial charge in [0.05, 0.1) is 11.0 Å². The maximum atomic E-state index is 11.9. The number of hydrogen-bond acceptors (Lipinski definition) is 7. The minimum Gasteiger partial charge on any atom is -0.410 e. The number of rotatable bonds is 6. The van der Waals surface area contributed by atoms with Gasteiger partial charge in [0.2, 0.25) is 0 Å². The van der Waals surface area contributed by atoms with Crippen LogP contribution in [-0.4, -0.2) is 52.3 Å². The molecule has 12 heteroatoms. The quantitative estimate of drug-likeness (QED) is 0.696. The normalized spacial score (nSPS) is 12.4. The van der Waals surface area contributed by atoms with Crippen LogP contribution in [0, 0.1) is 0 Å². The molecule has 1 rings (SSSR count). The van der Waals surface area contributed by atoms with Crippen molar-refractivity contribution >= 4 is 26.5 Å². The molecule has 0 aromatic heterocycles. The first-order chi connectivity index (χ1) is 10.1. The minimum absolute atomic E-state index is 0.0784. The lowest BCUT2D eigenvalue weighted by molar-refractivity contribution is 0.0233. The van der Waals surface area contributed by atoms with Crippen LogP contribution in [0.5, 0.6) is 5.75 Å². The second-order valence-corrected chi connectivity index (χ2v) is 7.62. The zero-order valence-corrected chi connectivity index (χ0v) is 13.6. The number of carbonyl (C=O) groups excluding carboxylic acids is 1. The molecule has 0 aliphatic carbocycles. The highest BCUT2D eigenvalue weighted by Gasteiger charge is 2.38. The van der Waals surface area contributed by atoms with Crippen LogP contribution in [0.15, 0.2) is 30.3 Å². The van der Waals surface area contributed by atoms with Gasteiger partial charge in [-0.05, 0) is 12.1 Å². The van der Waals surface area contributed by atoms with Crippen molar-refractivity contribution in [3.8, 4) is 5.75 Å². The fraction of sp³-hybridized carbons (Fsp3) is 0.300. The highest BCUT2D eigenvalue weighted by Crippen LogP contribution is 2.12. The van der Waals surface area contributed by atoms with Crippen LogP contribution in [0.2, 0.25) is 0 Å². The Hall–Kier alpha value is -1.73. The fourth-order valence-corrected chi connectivity index (χ4v) is 3.69. The van der Waals surface area contributed by atoms with Crippen LogP contribution >= 0.6 is 0 Å². The minimum atomic E-state index is -4.84. The van der Waals surface area contributed by atoms with Crippen molar-refractivity contribution in [1.82, 2.24) is 12.9 Å². The van der Waals surface area contributed by atoms with Crippen molar-refractivity contribution < 1.29 is 31.2 Å². The third-order valence-corrected chi connectivity index (χ3v) is 5.73. The molecule has 1 N–H and O–H groups in total. The van der Waals surface area contributed by atoms with Gasteiger partial charge in [0.1, 0.15) is 5.75 Å². The Morgan fingerprint density at radius 1 is 1.09 bits per heavy atom. The van der Waals surface area contributed by atoms with E-state index in [9.17, 15) is 21.6 Å². The highest BCUT2D eigenvalue weighted by molar-refractivity contribution is 8.02. The van der Waals surface area contributed by atoms with E-state index in [4.69, 9.17) is 4.74 Å². The van der Waals surface area contributed by atoms with E-state index in [-0.39, 0.29) is 9.62 Å². The van der Waals surface area contributed by atoms with E-state index in [1.54, 1.807) is 18.2 Å². The first-order valence-electron chi connectivity index (χ1n) is 5.68. The SMILES string of the molecule is CON(S(=O)(=O)NC(=O)Oc1ccccc1)S(=O)(=O)N(C)C. The fourth-order valence-electron chi connectivity index (χ4n) is 1.21. The van der Waals surface area contributed by atoms with Crippen LogP contribution in [0.1, 0.15) is 0 Å². The number of nitrogens with zero attached hydrogens (tertiary/aromatic N) is 2. The van der Waals surface area contributed by atoms with E-state index in [0.717, 1.165) is 21.2 Å². The lowest BCUT2D eigenvalue weighted by atomic mass is 10.3. The van der Waals surface area contributed by atoms with Gasteiger partial charge in [-0.3, -0.25) is 4.84 Å². The second-order valence-electron chi connectivity index (χ2n) is 3.95.